The molecule has 7 nitrogen and oxygen atoms in total. The van der Waals surface area contributed by atoms with Crippen LogP contribution in [-0.2, 0) is 11.3 Å². The quantitative estimate of drug-likeness (QED) is 0.352. The molecule has 0 bridgehead atoms. The number of carbonyl (C=O) groups excluding carboxylic acids is 1. The molecule has 1 N–H and O–H groups in total. The van der Waals surface area contributed by atoms with E-state index in [1.165, 1.54) is 17.1 Å². The van der Waals surface area contributed by atoms with E-state index in [1.807, 2.05) is 60.7 Å². The summed E-state index contributed by atoms with van der Waals surface area (Å²) >= 11 is 1.31. The van der Waals surface area contributed by atoms with E-state index in [4.69, 9.17) is 0 Å². The van der Waals surface area contributed by atoms with Gasteiger partial charge in [0.25, 0.3) is 5.56 Å². The highest BCUT2D eigenvalue weighted by Crippen LogP contribution is 2.23. The van der Waals surface area contributed by atoms with Crippen LogP contribution in [0.2, 0.25) is 0 Å². The summed E-state index contributed by atoms with van der Waals surface area (Å²) in [5.74, 6) is 0.603. The van der Waals surface area contributed by atoms with Crippen molar-refractivity contribution in [3.63, 3.8) is 0 Å². The number of hydrogen-bond donors (Lipinski definition) is 1. The first-order valence-corrected chi connectivity index (χ1v) is 12.3. The predicted molar refractivity (Wildman–Crippen MR) is 136 cm³/mol. The van der Waals surface area contributed by atoms with Gasteiger partial charge in [-0.15, -0.1) is 10.2 Å². The first-order valence-electron chi connectivity index (χ1n) is 11.3. The number of carbonyl (C=O) groups is 1. The third-order valence-electron chi connectivity index (χ3n) is 5.91. The van der Waals surface area contributed by atoms with E-state index < -0.39 is 0 Å². The van der Waals surface area contributed by atoms with Crippen molar-refractivity contribution in [1.29, 1.82) is 0 Å². The zero-order valence-electron chi connectivity index (χ0n) is 19.1. The number of rotatable bonds is 7. The van der Waals surface area contributed by atoms with Gasteiger partial charge in [0.15, 0.2) is 5.16 Å². The second-order valence-electron chi connectivity index (χ2n) is 8.28. The lowest BCUT2D eigenvalue weighted by Gasteiger charge is -2.15. The van der Waals surface area contributed by atoms with Crippen LogP contribution in [0.25, 0.3) is 27.5 Å². The normalized spacial score (nSPS) is 12.4. The van der Waals surface area contributed by atoms with Gasteiger partial charge < -0.3 is 5.32 Å². The highest BCUT2D eigenvalue weighted by Gasteiger charge is 2.18. The van der Waals surface area contributed by atoms with Crippen LogP contribution in [0.1, 0.15) is 31.9 Å². The van der Waals surface area contributed by atoms with E-state index in [0.29, 0.717) is 22.9 Å². The summed E-state index contributed by atoms with van der Waals surface area (Å²) in [7, 11) is 0. The average molecular weight is 472 g/mol. The van der Waals surface area contributed by atoms with Gasteiger partial charge in [-0.05, 0) is 47.9 Å². The molecule has 1 atom stereocenters. The Bertz CT molecular complexity index is 1570. The summed E-state index contributed by atoms with van der Waals surface area (Å²) in [6.07, 6.45) is 0.804. The van der Waals surface area contributed by atoms with Gasteiger partial charge in [0, 0.05) is 6.54 Å². The van der Waals surface area contributed by atoms with Gasteiger partial charge >= 0.3 is 0 Å². The number of hydrogen-bond acceptors (Lipinski definition) is 5. The second-order valence-corrected chi connectivity index (χ2v) is 9.22. The largest absolute Gasteiger partial charge is 0.349 e. The first kappa shape index (κ1) is 22.2. The number of amides is 1. The minimum atomic E-state index is -0.122. The van der Waals surface area contributed by atoms with Crippen LogP contribution in [0.3, 0.4) is 0 Å². The summed E-state index contributed by atoms with van der Waals surface area (Å²) in [5, 5.41) is 15.2. The molecule has 0 saturated carbocycles. The maximum Gasteiger partial charge on any atom is 0.262 e. The summed E-state index contributed by atoms with van der Waals surface area (Å²) < 4.78 is 3.53. The van der Waals surface area contributed by atoms with Crippen LogP contribution in [0.4, 0.5) is 0 Å². The predicted octanol–water partition coefficient (Wildman–Crippen LogP) is 4.58. The van der Waals surface area contributed by atoms with Crippen molar-refractivity contribution in [2.45, 2.75) is 38.0 Å². The Hall–Kier alpha value is -3.65. The van der Waals surface area contributed by atoms with E-state index in [0.717, 1.165) is 22.9 Å². The van der Waals surface area contributed by atoms with Crippen LogP contribution in [-0.4, -0.2) is 30.8 Å². The smallest absolute Gasteiger partial charge is 0.262 e. The van der Waals surface area contributed by atoms with Gasteiger partial charge in [0.2, 0.25) is 11.7 Å². The van der Waals surface area contributed by atoms with Crippen molar-refractivity contribution in [3.05, 3.63) is 82.6 Å². The molecule has 8 heteroatoms. The highest BCUT2D eigenvalue weighted by molar-refractivity contribution is 7.99. The number of nitrogens with zero attached hydrogens (tertiary/aromatic N) is 4. The van der Waals surface area contributed by atoms with Gasteiger partial charge in [-0.2, -0.15) is 0 Å². The maximum atomic E-state index is 13.0. The minimum absolute atomic E-state index is 0.0733. The van der Waals surface area contributed by atoms with Gasteiger partial charge in [-0.3, -0.25) is 18.6 Å². The molecule has 0 saturated heterocycles. The number of para-hydroxylation sites is 1. The third-order valence-corrected chi connectivity index (χ3v) is 6.84. The topological polar surface area (TPSA) is 81.3 Å². The minimum Gasteiger partial charge on any atom is -0.349 e. The van der Waals surface area contributed by atoms with E-state index in [1.54, 1.807) is 4.57 Å². The lowest BCUT2D eigenvalue weighted by molar-refractivity contribution is -0.119. The van der Waals surface area contributed by atoms with Crippen LogP contribution < -0.4 is 10.9 Å². The number of aryl methyl sites for hydroxylation is 1. The number of aromatic nitrogens is 4. The molecule has 2 aromatic heterocycles. The molecule has 5 aromatic rings. The van der Waals surface area contributed by atoms with Crippen molar-refractivity contribution in [3.8, 4) is 0 Å². The Kier molecular flexibility index (Phi) is 6.06. The maximum absolute atomic E-state index is 13.0. The fraction of sp³-hybridized carbons (Fsp3) is 0.231. The molecule has 0 aliphatic rings. The Labute approximate surface area is 200 Å². The SMILES string of the molecule is CCCn1c(=O)c2ccccc2n2c(SCC(=O)NC(C)c3ccc4ccccc4c3)nnc12. The summed E-state index contributed by atoms with van der Waals surface area (Å²) in [5.41, 5.74) is 1.72. The zero-order valence-corrected chi connectivity index (χ0v) is 19.9. The monoisotopic (exact) mass is 471 g/mol. The van der Waals surface area contributed by atoms with E-state index in [9.17, 15) is 9.59 Å². The van der Waals surface area contributed by atoms with Gasteiger partial charge in [0.1, 0.15) is 0 Å². The molecule has 2 heterocycles. The van der Waals surface area contributed by atoms with Gasteiger partial charge in [-0.25, -0.2) is 0 Å². The van der Waals surface area contributed by atoms with Crippen molar-refractivity contribution in [2.24, 2.45) is 0 Å². The Morgan fingerprint density at radius 1 is 1.03 bits per heavy atom. The first-order chi connectivity index (χ1) is 16.6. The van der Waals surface area contributed by atoms with E-state index >= 15 is 0 Å². The summed E-state index contributed by atoms with van der Waals surface area (Å²) in [6, 6.07) is 21.7. The molecule has 0 fully saturated rings. The van der Waals surface area contributed by atoms with Crippen LogP contribution >= 0.6 is 11.8 Å². The molecule has 5 rings (SSSR count). The zero-order chi connectivity index (χ0) is 23.7. The fourth-order valence-corrected chi connectivity index (χ4v) is 4.98. The Morgan fingerprint density at radius 2 is 1.79 bits per heavy atom. The molecule has 3 aromatic carbocycles. The highest BCUT2D eigenvalue weighted by atomic mass is 32.2. The molecule has 0 radical (unpaired) electrons. The molecule has 0 spiro atoms. The Balaban J connectivity index is 1.37. The van der Waals surface area contributed by atoms with Crippen molar-refractivity contribution >= 4 is 45.1 Å². The molecule has 1 amide bonds. The average Bonchev–Trinajstić information content (AvgIpc) is 3.29. The third kappa shape index (κ3) is 4.05. The van der Waals surface area contributed by atoms with Crippen LogP contribution in [0.15, 0.2) is 76.7 Å². The molecular weight excluding hydrogens is 446 g/mol. The molecular formula is C26H25N5O2S. The van der Waals surface area contributed by atoms with Crippen molar-refractivity contribution in [2.75, 3.05) is 5.75 Å². The molecule has 0 aliphatic heterocycles. The molecule has 172 valence electrons. The van der Waals surface area contributed by atoms with E-state index in [-0.39, 0.29) is 23.3 Å². The fourth-order valence-electron chi connectivity index (χ4n) is 4.23. The number of thioether (sulfide) groups is 1. The number of benzene rings is 3. The van der Waals surface area contributed by atoms with Crippen molar-refractivity contribution in [1.82, 2.24) is 24.5 Å². The van der Waals surface area contributed by atoms with Gasteiger partial charge in [0.05, 0.1) is 22.7 Å². The standard InChI is InChI=1S/C26H25N5O2S/c1-3-14-30-24(33)21-10-6-7-11-22(21)31-25(30)28-29-26(31)34-16-23(32)27-17(2)19-13-12-18-8-4-5-9-20(18)15-19/h4-13,15,17H,3,14,16H2,1-2H3,(H,27,32). The lowest BCUT2D eigenvalue weighted by Crippen LogP contribution is -2.28. The lowest BCUT2D eigenvalue weighted by atomic mass is 10.0. The van der Waals surface area contributed by atoms with Crippen LogP contribution in [0.5, 0.6) is 0 Å². The second kappa shape index (κ2) is 9.30. The van der Waals surface area contributed by atoms with Crippen molar-refractivity contribution < 1.29 is 4.79 Å². The Morgan fingerprint density at radius 3 is 2.62 bits per heavy atom. The molecule has 1 unspecified atom stereocenters. The number of nitrogens with one attached hydrogen (secondary N) is 1. The molecule has 34 heavy (non-hydrogen) atoms. The number of fused-ring (bicyclic) bond motifs is 4. The summed E-state index contributed by atoms with van der Waals surface area (Å²) in [4.78, 5) is 25.7. The molecule has 0 aliphatic carbocycles. The summed E-state index contributed by atoms with van der Waals surface area (Å²) in [6.45, 7) is 4.56. The van der Waals surface area contributed by atoms with Crippen LogP contribution in [0, 0.1) is 0 Å². The van der Waals surface area contributed by atoms with E-state index in [2.05, 4.69) is 39.8 Å². The van der Waals surface area contributed by atoms with Gasteiger partial charge in [-0.1, -0.05) is 67.2 Å².